The zero-order valence-electron chi connectivity index (χ0n) is 9.61. The summed E-state index contributed by atoms with van der Waals surface area (Å²) in [4.78, 5) is 22.1. The minimum atomic E-state index is -0.0606. The van der Waals surface area contributed by atoms with Crippen LogP contribution in [0.5, 0.6) is 5.75 Å². The van der Waals surface area contributed by atoms with Crippen LogP contribution in [0.3, 0.4) is 0 Å². The number of carbonyl (C=O) groups is 2. The normalized spacial score (nSPS) is 10.0. The molecule has 0 fully saturated rings. The number of nitrogens with one attached hydrogen (secondary N) is 1. The Morgan fingerprint density at radius 3 is 2.62 bits per heavy atom. The van der Waals surface area contributed by atoms with E-state index < -0.39 is 0 Å². The molecule has 0 atom stereocenters. The first kappa shape index (κ1) is 12.2. The monoisotopic (exact) mass is 221 g/mol. The summed E-state index contributed by atoms with van der Waals surface area (Å²) in [5.74, 6) is 0.476. The van der Waals surface area contributed by atoms with E-state index in [2.05, 4.69) is 5.32 Å². The van der Waals surface area contributed by atoms with Crippen molar-refractivity contribution in [1.82, 2.24) is 0 Å². The van der Waals surface area contributed by atoms with Gasteiger partial charge in [-0.1, -0.05) is 13.8 Å². The zero-order valence-corrected chi connectivity index (χ0v) is 9.61. The number of hydrogen-bond donors (Lipinski definition) is 1. The summed E-state index contributed by atoms with van der Waals surface area (Å²) in [6, 6.07) is 4.97. The fourth-order valence-electron chi connectivity index (χ4n) is 1.36. The summed E-state index contributed by atoms with van der Waals surface area (Å²) in [5, 5.41) is 2.51. The molecule has 1 rings (SSSR count). The summed E-state index contributed by atoms with van der Waals surface area (Å²) in [5.41, 5.74) is 1.14. The van der Waals surface area contributed by atoms with E-state index in [0.717, 1.165) is 0 Å². The van der Waals surface area contributed by atoms with Crippen LogP contribution < -0.4 is 10.1 Å². The molecule has 0 aliphatic carbocycles. The van der Waals surface area contributed by atoms with Crippen LogP contribution in [-0.2, 0) is 4.79 Å². The summed E-state index contributed by atoms with van der Waals surface area (Å²) in [7, 11) is 1.49. The first-order chi connectivity index (χ1) is 7.60. The molecule has 0 aromatic heterocycles. The van der Waals surface area contributed by atoms with Crippen LogP contribution in [0.1, 0.15) is 24.2 Å². The lowest BCUT2D eigenvalue weighted by molar-refractivity contribution is -0.105. The van der Waals surface area contributed by atoms with Gasteiger partial charge in [0.05, 0.1) is 12.8 Å². The predicted molar refractivity (Wildman–Crippen MR) is 61.8 cm³/mol. The number of hydrogen-bond acceptors (Lipinski definition) is 3. The molecule has 1 aromatic rings. The second-order valence-electron chi connectivity index (χ2n) is 3.70. The van der Waals surface area contributed by atoms with Crippen molar-refractivity contribution in [3.05, 3.63) is 23.8 Å². The van der Waals surface area contributed by atoms with Gasteiger partial charge in [-0.25, -0.2) is 0 Å². The average molecular weight is 221 g/mol. The van der Waals surface area contributed by atoms with Gasteiger partial charge < -0.3 is 10.1 Å². The minimum absolute atomic E-state index is 0.0518. The van der Waals surface area contributed by atoms with Crippen LogP contribution in [0, 0.1) is 5.92 Å². The van der Waals surface area contributed by atoms with E-state index in [1.54, 1.807) is 18.2 Å². The van der Waals surface area contributed by atoms with Gasteiger partial charge in [0.2, 0.25) is 6.41 Å². The second kappa shape index (κ2) is 5.30. The van der Waals surface area contributed by atoms with Crippen LogP contribution in [0.25, 0.3) is 0 Å². The molecule has 1 N–H and O–H groups in total. The van der Waals surface area contributed by atoms with Gasteiger partial charge in [0.25, 0.3) is 0 Å². The van der Waals surface area contributed by atoms with E-state index >= 15 is 0 Å². The maximum absolute atomic E-state index is 11.7. The number of methoxy groups -OCH3 is 1. The maximum atomic E-state index is 11.7. The Balaban J connectivity index is 3.08. The number of anilines is 1. The number of carbonyl (C=O) groups excluding carboxylic acids is 2. The van der Waals surface area contributed by atoms with Gasteiger partial charge in [-0.15, -0.1) is 0 Å². The standard InChI is InChI=1S/C12H15NO3/c1-8(2)12(15)9-4-5-10(13-7-14)11(6-9)16-3/h4-8H,1-3H3,(H,13,14). The van der Waals surface area contributed by atoms with E-state index in [9.17, 15) is 9.59 Å². The van der Waals surface area contributed by atoms with Crippen LogP contribution in [-0.4, -0.2) is 19.3 Å². The third-order valence-corrected chi connectivity index (χ3v) is 2.22. The fraction of sp³-hybridized carbons (Fsp3) is 0.333. The molecule has 0 aliphatic rings. The number of ketones is 1. The number of Topliss-reactive ketones (excluding diaryl/α,β-unsaturated/α-hetero) is 1. The highest BCUT2D eigenvalue weighted by molar-refractivity contribution is 5.98. The van der Waals surface area contributed by atoms with Crippen molar-refractivity contribution in [3.8, 4) is 5.75 Å². The number of ether oxygens (including phenoxy) is 1. The lowest BCUT2D eigenvalue weighted by Gasteiger charge is -2.10. The predicted octanol–water partition coefficient (Wildman–Crippen LogP) is 2.10. The topological polar surface area (TPSA) is 55.4 Å². The summed E-state index contributed by atoms with van der Waals surface area (Å²) in [6.07, 6.45) is 0.571. The zero-order chi connectivity index (χ0) is 12.1. The molecule has 0 heterocycles. The first-order valence-corrected chi connectivity index (χ1v) is 5.02. The van der Waals surface area contributed by atoms with Gasteiger partial charge in [0, 0.05) is 11.5 Å². The highest BCUT2D eigenvalue weighted by Gasteiger charge is 2.12. The van der Waals surface area contributed by atoms with E-state index in [-0.39, 0.29) is 11.7 Å². The van der Waals surface area contributed by atoms with Gasteiger partial charge in [-0.05, 0) is 18.2 Å². The molecule has 1 amide bonds. The minimum Gasteiger partial charge on any atom is -0.495 e. The van der Waals surface area contributed by atoms with E-state index in [1.807, 2.05) is 13.8 Å². The molecule has 0 saturated carbocycles. The second-order valence-corrected chi connectivity index (χ2v) is 3.70. The summed E-state index contributed by atoms with van der Waals surface area (Å²) in [6.45, 7) is 3.68. The maximum Gasteiger partial charge on any atom is 0.211 e. The van der Waals surface area contributed by atoms with E-state index in [4.69, 9.17) is 4.74 Å². The van der Waals surface area contributed by atoms with Crippen LogP contribution in [0.15, 0.2) is 18.2 Å². The third kappa shape index (κ3) is 2.59. The van der Waals surface area contributed by atoms with Crippen molar-refractivity contribution in [2.45, 2.75) is 13.8 Å². The molecule has 4 nitrogen and oxygen atoms in total. The molecule has 4 heteroatoms. The van der Waals surface area contributed by atoms with Crippen LogP contribution >= 0.6 is 0 Å². The largest absolute Gasteiger partial charge is 0.495 e. The van der Waals surface area contributed by atoms with Crippen LogP contribution in [0.2, 0.25) is 0 Å². The molecule has 0 bridgehead atoms. The van der Waals surface area contributed by atoms with Gasteiger partial charge in [-0.2, -0.15) is 0 Å². The summed E-state index contributed by atoms with van der Waals surface area (Å²) >= 11 is 0. The Kier molecular flexibility index (Phi) is 4.05. The van der Waals surface area contributed by atoms with Crippen molar-refractivity contribution in [3.63, 3.8) is 0 Å². The highest BCUT2D eigenvalue weighted by atomic mass is 16.5. The first-order valence-electron chi connectivity index (χ1n) is 5.02. The van der Waals surface area contributed by atoms with Gasteiger partial charge in [-0.3, -0.25) is 9.59 Å². The van der Waals surface area contributed by atoms with Crippen LogP contribution in [0.4, 0.5) is 5.69 Å². The quantitative estimate of drug-likeness (QED) is 0.612. The summed E-state index contributed by atoms with van der Waals surface area (Å²) < 4.78 is 5.09. The van der Waals surface area contributed by atoms with Gasteiger partial charge >= 0.3 is 0 Å². The average Bonchev–Trinajstić information content (AvgIpc) is 2.29. The molecule has 1 aromatic carbocycles. The lowest BCUT2D eigenvalue weighted by Crippen LogP contribution is -2.08. The Labute approximate surface area is 94.6 Å². The third-order valence-electron chi connectivity index (χ3n) is 2.22. The van der Waals surface area contributed by atoms with Crippen molar-refractivity contribution in [2.75, 3.05) is 12.4 Å². The smallest absolute Gasteiger partial charge is 0.211 e. The van der Waals surface area contributed by atoms with Crippen molar-refractivity contribution >= 4 is 17.9 Å². The van der Waals surface area contributed by atoms with Crippen molar-refractivity contribution in [1.29, 1.82) is 0 Å². The SMILES string of the molecule is COc1cc(C(=O)C(C)C)ccc1NC=O. The van der Waals surface area contributed by atoms with E-state index in [1.165, 1.54) is 7.11 Å². The molecule has 86 valence electrons. The number of benzene rings is 1. The molecule has 0 radical (unpaired) electrons. The molecule has 0 spiro atoms. The Morgan fingerprint density at radius 2 is 2.12 bits per heavy atom. The molecular formula is C12H15NO3. The molecule has 0 saturated heterocycles. The Morgan fingerprint density at radius 1 is 1.44 bits per heavy atom. The molecule has 0 unspecified atom stereocenters. The molecular weight excluding hydrogens is 206 g/mol. The van der Waals surface area contributed by atoms with Crippen molar-refractivity contribution in [2.24, 2.45) is 5.92 Å². The van der Waals surface area contributed by atoms with Gasteiger partial charge in [0.1, 0.15) is 5.75 Å². The molecule has 16 heavy (non-hydrogen) atoms. The Hall–Kier alpha value is -1.84. The van der Waals surface area contributed by atoms with Crippen molar-refractivity contribution < 1.29 is 14.3 Å². The molecule has 0 aliphatic heterocycles. The fourth-order valence-corrected chi connectivity index (χ4v) is 1.36. The number of rotatable bonds is 5. The lowest BCUT2D eigenvalue weighted by atomic mass is 10.0. The highest BCUT2D eigenvalue weighted by Crippen LogP contribution is 2.26. The Bertz CT molecular complexity index is 399. The van der Waals surface area contributed by atoms with Gasteiger partial charge in [0.15, 0.2) is 5.78 Å². The number of amides is 1. The van der Waals surface area contributed by atoms with E-state index in [0.29, 0.717) is 23.4 Å².